The molecule has 0 spiro atoms. The van der Waals surface area contributed by atoms with Gasteiger partial charge in [-0.2, -0.15) is 0 Å². The first-order valence-corrected chi connectivity index (χ1v) is 7.06. The minimum atomic E-state index is 0.0271. The number of nitrogens with zero attached hydrogens (tertiary/aromatic N) is 1. The van der Waals surface area contributed by atoms with E-state index in [4.69, 9.17) is 0 Å². The van der Waals surface area contributed by atoms with Gasteiger partial charge in [-0.05, 0) is 31.5 Å². The van der Waals surface area contributed by atoms with E-state index in [9.17, 15) is 4.79 Å². The Morgan fingerprint density at radius 1 is 0.952 bits per heavy atom. The molecule has 0 aliphatic carbocycles. The van der Waals surface area contributed by atoms with E-state index in [0.717, 1.165) is 22.5 Å². The molecule has 0 bridgehead atoms. The quantitative estimate of drug-likeness (QED) is 0.783. The third-order valence-corrected chi connectivity index (χ3v) is 3.71. The van der Waals surface area contributed by atoms with Crippen LogP contribution in [0.4, 0.5) is 0 Å². The van der Waals surface area contributed by atoms with Crippen molar-refractivity contribution in [2.45, 2.75) is 20.3 Å². The number of rotatable bonds is 3. The maximum Gasteiger partial charge on any atom is 0.274 e. The van der Waals surface area contributed by atoms with Gasteiger partial charge in [0.1, 0.15) is 0 Å². The highest BCUT2D eigenvalue weighted by molar-refractivity contribution is 5.35. The standard InChI is InChI=1S/C18H18N2O/c1-13-8-10-15(11-9-13)12-17-14(2)19-20(18(17)21)16-6-4-3-5-7-16/h3-11,19H,12H2,1-2H3. The zero-order chi connectivity index (χ0) is 14.8. The number of aryl methyl sites for hydroxylation is 2. The minimum absolute atomic E-state index is 0.0271. The molecule has 0 atom stereocenters. The zero-order valence-corrected chi connectivity index (χ0v) is 12.3. The largest absolute Gasteiger partial charge is 0.295 e. The number of H-pyrrole nitrogens is 1. The average molecular weight is 278 g/mol. The Hall–Kier alpha value is -2.55. The molecule has 0 unspecified atom stereocenters. The fraction of sp³-hybridized carbons (Fsp3) is 0.167. The minimum Gasteiger partial charge on any atom is -0.295 e. The summed E-state index contributed by atoms with van der Waals surface area (Å²) < 4.78 is 1.61. The summed E-state index contributed by atoms with van der Waals surface area (Å²) in [5.74, 6) is 0. The average Bonchev–Trinajstić information content (AvgIpc) is 2.78. The Labute approximate surface area is 123 Å². The first kappa shape index (κ1) is 13.4. The molecule has 1 heterocycles. The number of hydrogen-bond donors (Lipinski definition) is 1. The highest BCUT2D eigenvalue weighted by Gasteiger charge is 2.12. The van der Waals surface area contributed by atoms with Gasteiger partial charge in [0.05, 0.1) is 5.69 Å². The number of aromatic nitrogens is 2. The van der Waals surface area contributed by atoms with Gasteiger partial charge < -0.3 is 0 Å². The van der Waals surface area contributed by atoms with E-state index in [2.05, 4.69) is 36.3 Å². The normalized spacial score (nSPS) is 10.8. The van der Waals surface area contributed by atoms with Crippen LogP contribution in [0.2, 0.25) is 0 Å². The van der Waals surface area contributed by atoms with E-state index < -0.39 is 0 Å². The molecule has 0 saturated heterocycles. The molecule has 0 aliphatic heterocycles. The molecule has 1 aromatic heterocycles. The predicted molar refractivity (Wildman–Crippen MR) is 85.1 cm³/mol. The van der Waals surface area contributed by atoms with Gasteiger partial charge in [-0.25, -0.2) is 4.68 Å². The molecule has 21 heavy (non-hydrogen) atoms. The maximum absolute atomic E-state index is 12.6. The van der Waals surface area contributed by atoms with Crippen LogP contribution in [-0.4, -0.2) is 9.78 Å². The maximum atomic E-state index is 12.6. The highest BCUT2D eigenvalue weighted by atomic mass is 16.1. The van der Waals surface area contributed by atoms with Gasteiger partial charge in [-0.3, -0.25) is 9.89 Å². The Morgan fingerprint density at radius 2 is 1.62 bits per heavy atom. The van der Waals surface area contributed by atoms with Crippen molar-refractivity contribution in [1.29, 1.82) is 0 Å². The Balaban J connectivity index is 1.99. The van der Waals surface area contributed by atoms with Crippen LogP contribution in [0.3, 0.4) is 0 Å². The second-order valence-electron chi connectivity index (χ2n) is 5.35. The SMILES string of the molecule is Cc1ccc(Cc2c(C)[nH]n(-c3ccccc3)c2=O)cc1. The molecule has 0 radical (unpaired) electrons. The molecule has 3 aromatic rings. The second kappa shape index (κ2) is 5.44. The second-order valence-corrected chi connectivity index (χ2v) is 5.35. The number of aromatic amines is 1. The smallest absolute Gasteiger partial charge is 0.274 e. The Morgan fingerprint density at radius 3 is 2.29 bits per heavy atom. The van der Waals surface area contributed by atoms with Crippen molar-refractivity contribution in [3.8, 4) is 5.69 Å². The third-order valence-electron chi connectivity index (χ3n) is 3.71. The lowest BCUT2D eigenvalue weighted by Gasteiger charge is -2.00. The molecule has 3 nitrogen and oxygen atoms in total. The lowest BCUT2D eigenvalue weighted by molar-refractivity contribution is 0.834. The first-order chi connectivity index (χ1) is 10.1. The van der Waals surface area contributed by atoms with E-state index in [-0.39, 0.29) is 5.56 Å². The molecule has 0 saturated carbocycles. The lowest BCUT2D eigenvalue weighted by atomic mass is 10.0. The van der Waals surface area contributed by atoms with Crippen molar-refractivity contribution in [2.75, 3.05) is 0 Å². The summed E-state index contributed by atoms with van der Waals surface area (Å²) in [6, 6.07) is 18.0. The molecule has 3 heteroatoms. The summed E-state index contributed by atoms with van der Waals surface area (Å²) >= 11 is 0. The topological polar surface area (TPSA) is 37.8 Å². The van der Waals surface area contributed by atoms with Gasteiger partial charge in [-0.1, -0.05) is 48.0 Å². The summed E-state index contributed by atoms with van der Waals surface area (Å²) in [5, 5.41) is 3.17. The first-order valence-electron chi connectivity index (χ1n) is 7.06. The Bertz CT molecular complexity index is 795. The zero-order valence-electron chi connectivity index (χ0n) is 12.3. The van der Waals surface area contributed by atoms with Crippen molar-refractivity contribution in [1.82, 2.24) is 9.78 Å². The van der Waals surface area contributed by atoms with E-state index in [1.807, 2.05) is 37.3 Å². The number of nitrogens with one attached hydrogen (secondary N) is 1. The monoisotopic (exact) mass is 278 g/mol. The lowest BCUT2D eigenvalue weighted by Crippen LogP contribution is -2.17. The molecular formula is C18H18N2O. The van der Waals surface area contributed by atoms with Gasteiger partial charge in [0.25, 0.3) is 5.56 Å². The molecule has 1 N–H and O–H groups in total. The third kappa shape index (κ3) is 2.68. The molecule has 106 valence electrons. The molecule has 0 amide bonds. The van der Waals surface area contributed by atoms with Gasteiger partial charge in [-0.15, -0.1) is 0 Å². The summed E-state index contributed by atoms with van der Waals surface area (Å²) in [6.07, 6.45) is 0.654. The summed E-state index contributed by atoms with van der Waals surface area (Å²) in [6.45, 7) is 4.01. The van der Waals surface area contributed by atoms with Gasteiger partial charge in [0.2, 0.25) is 0 Å². The van der Waals surface area contributed by atoms with Crippen LogP contribution in [0.5, 0.6) is 0 Å². The molecule has 2 aromatic carbocycles. The van der Waals surface area contributed by atoms with Crippen LogP contribution >= 0.6 is 0 Å². The molecule has 0 fully saturated rings. The fourth-order valence-corrected chi connectivity index (χ4v) is 2.46. The number of para-hydroxylation sites is 1. The van der Waals surface area contributed by atoms with Crippen LogP contribution in [-0.2, 0) is 6.42 Å². The van der Waals surface area contributed by atoms with Gasteiger partial charge >= 0.3 is 0 Å². The van der Waals surface area contributed by atoms with Crippen LogP contribution < -0.4 is 5.56 Å². The number of hydrogen-bond acceptors (Lipinski definition) is 1. The van der Waals surface area contributed by atoms with E-state index in [0.29, 0.717) is 6.42 Å². The molecule has 0 aliphatic rings. The summed E-state index contributed by atoms with van der Waals surface area (Å²) in [7, 11) is 0. The van der Waals surface area contributed by atoms with Gasteiger partial charge in [0.15, 0.2) is 0 Å². The van der Waals surface area contributed by atoms with Crippen molar-refractivity contribution >= 4 is 0 Å². The summed E-state index contributed by atoms with van der Waals surface area (Å²) in [4.78, 5) is 12.6. The van der Waals surface area contributed by atoms with Gasteiger partial charge in [0, 0.05) is 17.7 Å². The van der Waals surface area contributed by atoms with Crippen molar-refractivity contribution in [2.24, 2.45) is 0 Å². The van der Waals surface area contributed by atoms with E-state index >= 15 is 0 Å². The molecular weight excluding hydrogens is 260 g/mol. The van der Waals surface area contributed by atoms with Crippen LogP contribution in [0.25, 0.3) is 5.69 Å². The molecule has 3 rings (SSSR count). The van der Waals surface area contributed by atoms with E-state index in [1.165, 1.54) is 5.56 Å². The number of benzene rings is 2. The van der Waals surface area contributed by atoms with Crippen LogP contribution in [0.15, 0.2) is 59.4 Å². The van der Waals surface area contributed by atoms with Crippen molar-refractivity contribution in [3.63, 3.8) is 0 Å². The van der Waals surface area contributed by atoms with Crippen molar-refractivity contribution in [3.05, 3.63) is 87.3 Å². The highest BCUT2D eigenvalue weighted by Crippen LogP contribution is 2.12. The predicted octanol–water partition coefficient (Wildman–Crippen LogP) is 3.37. The summed E-state index contributed by atoms with van der Waals surface area (Å²) in [5.41, 5.74) is 5.01. The van der Waals surface area contributed by atoms with Crippen LogP contribution in [0, 0.1) is 13.8 Å². The Kier molecular flexibility index (Phi) is 3.48. The van der Waals surface area contributed by atoms with E-state index in [1.54, 1.807) is 4.68 Å². The van der Waals surface area contributed by atoms with Crippen LogP contribution in [0.1, 0.15) is 22.4 Å². The van der Waals surface area contributed by atoms with Crippen molar-refractivity contribution < 1.29 is 0 Å². The fourth-order valence-electron chi connectivity index (χ4n) is 2.46.